The van der Waals surface area contributed by atoms with E-state index in [2.05, 4.69) is 26.3 Å². The van der Waals surface area contributed by atoms with Gasteiger partial charge in [-0.15, -0.1) is 26.3 Å². The van der Waals surface area contributed by atoms with Crippen molar-refractivity contribution in [1.29, 1.82) is 0 Å². The number of hydrogen-bond donors (Lipinski definition) is 3. The Kier molecular flexibility index (Phi) is 8.93. The first-order chi connectivity index (χ1) is 19.4. The molecule has 0 aromatic heterocycles. The molecule has 0 fully saturated rings. The van der Waals surface area contributed by atoms with E-state index in [0.717, 1.165) is 33.4 Å². The maximum absolute atomic E-state index is 11.0. The molecule has 0 saturated heterocycles. The van der Waals surface area contributed by atoms with E-state index in [-0.39, 0.29) is 17.2 Å². The van der Waals surface area contributed by atoms with Gasteiger partial charge in [0.25, 0.3) is 0 Å². The van der Waals surface area contributed by atoms with Crippen LogP contribution in [-0.2, 0) is 25.7 Å². The number of allylic oxidation sites excluding steroid dienone is 4. The molecule has 0 aliphatic carbocycles. The molecule has 4 aromatic carbocycles. The molecule has 4 nitrogen and oxygen atoms in total. The summed E-state index contributed by atoms with van der Waals surface area (Å²) in [4.78, 5) is 0. The second kappa shape index (κ2) is 12.7. The van der Waals surface area contributed by atoms with E-state index in [9.17, 15) is 15.3 Å². The van der Waals surface area contributed by atoms with Crippen molar-refractivity contribution in [3.8, 4) is 51.0 Å². The van der Waals surface area contributed by atoms with Crippen LogP contribution in [0.2, 0.25) is 0 Å². The second-order valence-corrected chi connectivity index (χ2v) is 9.58. The van der Waals surface area contributed by atoms with Crippen molar-refractivity contribution in [2.75, 3.05) is 0 Å². The molecule has 40 heavy (non-hydrogen) atoms. The van der Waals surface area contributed by atoms with Gasteiger partial charge in [0.2, 0.25) is 0 Å². The smallest absolute Gasteiger partial charge is 0.134 e. The lowest BCUT2D eigenvalue weighted by Crippen LogP contribution is -1.97. The van der Waals surface area contributed by atoms with Crippen LogP contribution in [0, 0.1) is 0 Å². The molecule has 0 spiro atoms. The Morgan fingerprint density at radius 2 is 1.02 bits per heavy atom. The van der Waals surface area contributed by atoms with E-state index in [1.807, 2.05) is 54.6 Å². The minimum absolute atomic E-state index is 0.0142. The van der Waals surface area contributed by atoms with Crippen molar-refractivity contribution in [1.82, 2.24) is 0 Å². The van der Waals surface area contributed by atoms with Gasteiger partial charge in [-0.1, -0.05) is 42.5 Å². The SMILES string of the molecule is C=CCc1ccc(O)c(-c2ccc(Oc3cc(O)c(-c4cc(CC=C)ccc4O)cc3CC=C)c(CC=C)c2)c1. The summed E-state index contributed by atoms with van der Waals surface area (Å²) in [5, 5.41) is 32.2. The number of hydrogen-bond acceptors (Lipinski definition) is 4. The summed E-state index contributed by atoms with van der Waals surface area (Å²) in [5.41, 5.74) is 6.33. The van der Waals surface area contributed by atoms with Crippen LogP contribution < -0.4 is 4.74 Å². The molecule has 0 heterocycles. The first-order valence-corrected chi connectivity index (χ1v) is 13.1. The van der Waals surface area contributed by atoms with Gasteiger partial charge < -0.3 is 20.1 Å². The Morgan fingerprint density at radius 3 is 1.62 bits per heavy atom. The Labute approximate surface area is 236 Å². The van der Waals surface area contributed by atoms with E-state index < -0.39 is 0 Å². The quantitative estimate of drug-likeness (QED) is 0.160. The highest BCUT2D eigenvalue weighted by molar-refractivity contribution is 5.78. The Morgan fingerprint density at radius 1 is 0.500 bits per heavy atom. The zero-order valence-electron chi connectivity index (χ0n) is 22.6. The molecule has 4 rings (SSSR count). The van der Waals surface area contributed by atoms with E-state index in [4.69, 9.17) is 4.74 Å². The van der Waals surface area contributed by atoms with Crippen LogP contribution in [0.3, 0.4) is 0 Å². The van der Waals surface area contributed by atoms with Crippen molar-refractivity contribution in [3.63, 3.8) is 0 Å². The lowest BCUT2D eigenvalue weighted by atomic mass is 9.96. The summed E-state index contributed by atoms with van der Waals surface area (Å²) < 4.78 is 6.39. The van der Waals surface area contributed by atoms with Crippen molar-refractivity contribution in [2.24, 2.45) is 0 Å². The highest BCUT2D eigenvalue weighted by Crippen LogP contribution is 2.42. The highest BCUT2D eigenvalue weighted by atomic mass is 16.5. The summed E-state index contributed by atoms with van der Waals surface area (Å²) in [6.07, 6.45) is 9.57. The summed E-state index contributed by atoms with van der Waals surface area (Å²) in [6.45, 7) is 15.4. The standard InChI is InChI=1S/C36H34O4/c1-5-9-24-13-16-32(37)29(19-24)26-15-18-35(27(21-26)11-7-3)40-36-23-34(39)31(22-28(36)12-8-4)30-20-25(10-6-2)14-17-33(30)38/h5-8,13-23,37-39H,1-4,9-12H2. The van der Waals surface area contributed by atoms with Crippen LogP contribution >= 0.6 is 0 Å². The van der Waals surface area contributed by atoms with Gasteiger partial charge in [0.05, 0.1) is 0 Å². The molecule has 4 aromatic rings. The summed E-state index contributed by atoms with van der Waals surface area (Å²) in [6, 6.07) is 20.0. The Bertz CT molecular complexity index is 1580. The van der Waals surface area contributed by atoms with Crippen LogP contribution in [0.4, 0.5) is 0 Å². The summed E-state index contributed by atoms with van der Waals surface area (Å²) >= 11 is 0. The molecule has 0 bridgehead atoms. The molecule has 0 radical (unpaired) electrons. The van der Waals surface area contributed by atoms with Crippen molar-refractivity contribution in [2.45, 2.75) is 25.7 Å². The predicted molar refractivity (Wildman–Crippen MR) is 164 cm³/mol. The Balaban J connectivity index is 1.76. The fraction of sp³-hybridized carbons (Fsp3) is 0.111. The van der Waals surface area contributed by atoms with Gasteiger partial charge in [-0.3, -0.25) is 0 Å². The third-order valence-corrected chi connectivity index (χ3v) is 6.67. The molecular weight excluding hydrogens is 496 g/mol. The molecule has 0 aliphatic rings. The number of ether oxygens (including phenoxy) is 1. The number of rotatable bonds is 12. The first-order valence-electron chi connectivity index (χ1n) is 13.1. The van der Waals surface area contributed by atoms with Gasteiger partial charge in [-0.2, -0.15) is 0 Å². The number of benzene rings is 4. The summed E-state index contributed by atoms with van der Waals surface area (Å²) in [7, 11) is 0. The van der Waals surface area contributed by atoms with E-state index in [0.29, 0.717) is 48.3 Å². The average molecular weight is 531 g/mol. The number of phenolic OH excluding ortho intramolecular Hbond substituents is 3. The van der Waals surface area contributed by atoms with Gasteiger partial charge in [0.1, 0.15) is 28.7 Å². The predicted octanol–water partition coefficient (Wildman–Crippen LogP) is 8.84. The highest BCUT2D eigenvalue weighted by Gasteiger charge is 2.17. The topological polar surface area (TPSA) is 69.9 Å². The minimum atomic E-state index is -0.0142. The monoisotopic (exact) mass is 530 g/mol. The molecule has 3 N–H and O–H groups in total. The Hall–Kier alpha value is -4.96. The third-order valence-electron chi connectivity index (χ3n) is 6.67. The van der Waals surface area contributed by atoms with Crippen LogP contribution in [-0.4, -0.2) is 15.3 Å². The third kappa shape index (κ3) is 6.19. The fourth-order valence-corrected chi connectivity index (χ4v) is 4.72. The zero-order valence-corrected chi connectivity index (χ0v) is 22.6. The number of aromatic hydroxyl groups is 3. The van der Waals surface area contributed by atoms with Crippen molar-refractivity contribution >= 4 is 0 Å². The van der Waals surface area contributed by atoms with Crippen LogP contribution in [0.25, 0.3) is 22.3 Å². The molecule has 0 saturated carbocycles. The molecule has 4 heteroatoms. The number of phenols is 3. The van der Waals surface area contributed by atoms with E-state index in [1.165, 1.54) is 0 Å². The minimum Gasteiger partial charge on any atom is -0.507 e. The van der Waals surface area contributed by atoms with Crippen molar-refractivity contribution in [3.05, 3.63) is 140 Å². The zero-order chi connectivity index (χ0) is 28.6. The molecule has 0 amide bonds. The largest absolute Gasteiger partial charge is 0.507 e. The average Bonchev–Trinajstić information content (AvgIpc) is 2.94. The lowest BCUT2D eigenvalue weighted by molar-refractivity contribution is 0.449. The van der Waals surface area contributed by atoms with Crippen LogP contribution in [0.15, 0.2) is 117 Å². The normalized spacial score (nSPS) is 10.6. The van der Waals surface area contributed by atoms with Gasteiger partial charge in [-0.25, -0.2) is 0 Å². The van der Waals surface area contributed by atoms with Crippen molar-refractivity contribution < 1.29 is 20.1 Å². The van der Waals surface area contributed by atoms with E-state index in [1.54, 1.807) is 36.4 Å². The lowest BCUT2D eigenvalue weighted by Gasteiger charge is -2.18. The van der Waals surface area contributed by atoms with Crippen LogP contribution in [0.1, 0.15) is 22.3 Å². The summed E-state index contributed by atoms with van der Waals surface area (Å²) in [5.74, 6) is 1.35. The maximum Gasteiger partial charge on any atom is 0.134 e. The van der Waals surface area contributed by atoms with Gasteiger partial charge in [-0.05, 0) is 96.0 Å². The van der Waals surface area contributed by atoms with E-state index >= 15 is 0 Å². The van der Waals surface area contributed by atoms with Gasteiger partial charge >= 0.3 is 0 Å². The molecule has 0 atom stereocenters. The molecular formula is C36H34O4. The molecule has 0 unspecified atom stereocenters. The van der Waals surface area contributed by atoms with Gasteiger partial charge in [0, 0.05) is 22.8 Å². The maximum atomic E-state index is 11.0. The molecule has 0 aliphatic heterocycles. The molecule has 202 valence electrons. The fourth-order valence-electron chi connectivity index (χ4n) is 4.72. The second-order valence-electron chi connectivity index (χ2n) is 9.58. The van der Waals surface area contributed by atoms with Gasteiger partial charge in [0.15, 0.2) is 0 Å². The van der Waals surface area contributed by atoms with Crippen LogP contribution in [0.5, 0.6) is 28.7 Å². The first kappa shape index (κ1) is 28.1.